The monoisotopic (exact) mass is 341 g/mol. The molecule has 0 amide bonds. The van der Waals surface area contributed by atoms with E-state index in [0.29, 0.717) is 0 Å². The Morgan fingerprint density at radius 2 is 2.32 bits per heavy atom. The maximum atomic E-state index is 5.76. The first-order chi connectivity index (χ1) is 9.33. The van der Waals surface area contributed by atoms with E-state index < -0.39 is 0 Å². The number of benzene rings is 1. The summed E-state index contributed by atoms with van der Waals surface area (Å²) in [7, 11) is 0. The molecule has 1 atom stereocenters. The molecule has 1 saturated heterocycles. The molecule has 0 aromatic heterocycles. The zero-order valence-corrected chi connectivity index (χ0v) is 13.5. The molecule has 1 aromatic carbocycles. The molecule has 4 heteroatoms. The molecule has 3 rings (SSSR count). The van der Waals surface area contributed by atoms with Gasteiger partial charge >= 0.3 is 0 Å². The van der Waals surface area contributed by atoms with Gasteiger partial charge in [-0.1, -0.05) is 22.4 Å². The van der Waals surface area contributed by atoms with Gasteiger partial charge in [0.15, 0.2) is 0 Å². The molecule has 2 aliphatic rings. The summed E-state index contributed by atoms with van der Waals surface area (Å²) >= 11 is 5.72. The lowest BCUT2D eigenvalue weighted by Crippen LogP contribution is -2.26. The summed E-state index contributed by atoms with van der Waals surface area (Å²) in [5.41, 5.74) is 2.64. The van der Waals surface area contributed by atoms with Crippen LogP contribution in [-0.4, -0.2) is 24.2 Å². The molecule has 2 nitrogen and oxygen atoms in total. The van der Waals surface area contributed by atoms with Crippen molar-refractivity contribution in [1.29, 1.82) is 0 Å². The van der Waals surface area contributed by atoms with Gasteiger partial charge in [-0.2, -0.15) is 11.8 Å². The van der Waals surface area contributed by atoms with Gasteiger partial charge in [0.1, 0.15) is 5.75 Å². The molecule has 1 unspecified atom stereocenters. The van der Waals surface area contributed by atoms with Crippen LogP contribution in [-0.2, 0) is 13.0 Å². The molecule has 0 bridgehead atoms. The van der Waals surface area contributed by atoms with Gasteiger partial charge in [0, 0.05) is 34.8 Å². The Morgan fingerprint density at radius 1 is 1.37 bits per heavy atom. The van der Waals surface area contributed by atoms with Crippen LogP contribution in [0.1, 0.15) is 30.4 Å². The van der Waals surface area contributed by atoms with E-state index in [1.165, 1.54) is 40.6 Å². The third-order valence-corrected chi connectivity index (χ3v) is 5.64. The van der Waals surface area contributed by atoms with Crippen molar-refractivity contribution in [3.63, 3.8) is 0 Å². The van der Waals surface area contributed by atoms with E-state index in [0.717, 1.165) is 37.1 Å². The molecule has 0 saturated carbocycles. The van der Waals surface area contributed by atoms with Crippen molar-refractivity contribution in [3.05, 3.63) is 27.7 Å². The Bertz CT molecular complexity index is 446. The lowest BCUT2D eigenvalue weighted by atomic mass is 10.1. The molecule has 0 radical (unpaired) electrons. The topological polar surface area (TPSA) is 21.3 Å². The second kappa shape index (κ2) is 6.51. The number of rotatable bonds is 4. The van der Waals surface area contributed by atoms with E-state index in [2.05, 4.69) is 45.1 Å². The van der Waals surface area contributed by atoms with E-state index >= 15 is 0 Å². The van der Waals surface area contributed by atoms with Crippen LogP contribution in [0.3, 0.4) is 0 Å². The van der Waals surface area contributed by atoms with E-state index in [9.17, 15) is 0 Å². The van der Waals surface area contributed by atoms with Gasteiger partial charge < -0.3 is 10.1 Å². The minimum Gasteiger partial charge on any atom is -0.493 e. The van der Waals surface area contributed by atoms with Crippen LogP contribution in [0.15, 0.2) is 16.6 Å². The fraction of sp³-hybridized carbons (Fsp3) is 0.600. The highest BCUT2D eigenvalue weighted by molar-refractivity contribution is 9.10. The van der Waals surface area contributed by atoms with E-state index in [1.54, 1.807) is 0 Å². The zero-order valence-electron chi connectivity index (χ0n) is 11.1. The van der Waals surface area contributed by atoms with Crippen LogP contribution in [0.5, 0.6) is 5.75 Å². The maximum Gasteiger partial charge on any atom is 0.127 e. The highest BCUT2D eigenvalue weighted by Gasteiger charge is 2.18. The molecule has 2 aliphatic heterocycles. The molecule has 1 N–H and O–H groups in total. The van der Waals surface area contributed by atoms with Gasteiger partial charge in [-0.05, 0) is 36.3 Å². The normalized spacial score (nSPS) is 22.1. The fourth-order valence-corrected chi connectivity index (χ4v) is 4.64. The molecule has 104 valence electrons. The number of hydrogen-bond acceptors (Lipinski definition) is 3. The van der Waals surface area contributed by atoms with Gasteiger partial charge in [0.25, 0.3) is 0 Å². The Morgan fingerprint density at radius 3 is 3.16 bits per heavy atom. The summed E-state index contributed by atoms with van der Waals surface area (Å²) in [6.45, 7) is 2.86. The minimum absolute atomic E-state index is 0.801. The second-order valence-corrected chi connectivity index (χ2v) is 7.60. The number of nitrogens with one attached hydrogen (secondary N) is 1. The summed E-state index contributed by atoms with van der Waals surface area (Å²) in [4.78, 5) is 0. The first-order valence-electron chi connectivity index (χ1n) is 7.09. The Kier molecular flexibility index (Phi) is 4.72. The average molecular weight is 342 g/mol. The molecular weight excluding hydrogens is 322 g/mol. The van der Waals surface area contributed by atoms with Gasteiger partial charge in [-0.25, -0.2) is 0 Å². The number of hydrogen-bond donors (Lipinski definition) is 1. The van der Waals surface area contributed by atoms with Crippen LogP contribution in [0.25, 0.3) is 0 Å². The third-order valence-electron chi connectivity index (χ3n) is 3.79. The Labute approximate surface area is 127 Å². The first kappa shape index (κ1) is 13.8. The van der Waals surface area contributed by atoms with Crippen molar-refractivity contribution in [2.24, 2.45) is 0 Å². The predicted octanol–water partition coefficient (Wildman–Crippen LogP) is 3.76. The standard InChI is InChI=1S/C15H20BrNOS/c16-13-7-11-4-5-18-15(11)12(8-13)9-17-10-14-3-1-2-6-19-14/h7-8,14,17H,1-6,9-10H2. The minimum atomic E-state index is 0.801. The molecule has 19 heavy (non-hydrogen) atoms. The van der Waals surface area contributed by atoms with Crippen LogP contribution in [0, 0.1) is 0 Å². The molecule has 0 aliphatic carbocycles. The summed E-state index contributed by atoms with van der Waals surface area (Å²) in [5.74, 6) is 2.45. The van der Waals surface area contributed by atoms with Gasteiger partial charge in [0.05, 0.1) is 6.61 Å². The lowest BCUT2D eigenvalue weighted by Gasteiger charge is -2.21. The fourth-order valence-electron chi connectivity index (χ4n) is 2.81. The SMILES string of the molecule is Brc1cc2c(c(CNCC3CCCCS3)c1)OCC2. The highest BCUT2D eigenvalue weighted by atomic mass is 79.9. The van der Waals surface area contributed by atoms with Crippen molar-refractivity contribution < 1.29 is 4.74 Å². The highest BCUT2D eigenvalue weighted by Crippen LogP contribution is 2.33. The maximum absolute atomic E-state index is 5.76. The molecule has 1 fully saturated rings. The summed E-state index contributed by atoms with van der Waals surface area (Å²) in [6, 6.07) is 4.37. The quantitative estimate of drug-likeness (QED) is 0.900. The Balaban J connectivity index is 1.57. The van der Waals surface area contributed by atoms with Crippen LogP contribution >= 0.6 is 27.7 Å². The third kappa shape index (κ3) is 3.47. The molecule has 1 aromatic rings. The number of thioether (sulfide) groups is 1. The van der Waals surface area contributed by atoms with Crippen LogP contribution in [0.2, 0.25) is 0 Å². The smallest absolute Gasteiger partial charge is 0.127 e. The Hall–Kier alpha value is -0.190. The van der Waals surface area contributed by atoms with Crippen molar-refractivity contribution in [2.75, 3.05) is 18.9 Å². The van der Waals surface area contributed by atoms with Gasteiger partial charge in [-0.15, -0.1) is 0 Å². The van der Waals surface area contributed by atoms with Crippen LogP contribution in [0.4, 0.5) is 0 Å². The van der Waals surface area contributed by atoms with Crippen molar-refractivity contribution >= 4 is 27.7 Å². The van der Waals surface area contributed by atoms with Crippen molar-refractivity contribution in [2.45, 2.75) is 37.5 Å². The van der Waals surface area contributed by atoms with E-state index in [1.807, 2.05) is 0 Å². The summed E-state index contributed by atoms with van der Waals surface area (Å²) in [6.07, 6.45) is 5.20. The zero-order chi connectivity index (χ0) is 13.1. The molecular formula is C15H20BrNOS. The largest absolute Gasteiger partial charge is 0.493 e. The summed E-state index contributed by atoms with van der Waals surface area (Å²) in [5, 5.41) is 4.41. The van der Waals surface area contributed by atoms with Gasteiger partial charge in [0.2, 0.25) is 0 Å². The summed E-state index contributed by atoms with van der Waals surface area (Å²) < 4.78 is 6.93. The van der Waals surface area contributed by atoms with Crippen molar-refractivity contribution in [3.8, 4) is 5.75 Å². The second-order valence-electron chi connectivity index (χ2n) is 5.27. The number of fused-ring (bicyclic) bond motifs is 1. The lowest BCUT2D eigenvalue weighted by molar-refractivity contribution is 0.352. The molecule has 2 heterocycles. The van der Waals surface area contributed by atoms with Crippen molar-refractivity contribution in [1.82, 2.24) is 5.32 Å². The molecule has 0 spiro atoms. The number of ether oxygens (including phenoxy) is 1. The van der Waals surface area contributed by atoms with E-state index in [4.69, 9.17) is 4.74 Å². The average Bonchev–Trinajstić information content (AvgIpc) is 2.88. The number of halogens is 1. The van der Waals surface area contributed by atoms with E-state index in [-0.39, 0.29) is 0 Å². The first-order valence-corrected chi connectivity index (χ1v) is 8.93. The predicted molar refractivity (Wildman–Crippen MR) is 85.1 cm³/mol. The van der Waals surface area contributed by atoms with Crippen LogP contribution < -0.4 is 10.1 Å². The van der Waals surface area contributed by atoms with Gasteiger partial charge in [-0.3, -0.25) is 0 Å².